The normalized spacial score (nSPS) is 12.0. The highest BCUT2D eigenvalue weighted by Gasteiger charge is 2.17. The van der Waals surface area contributed by atoms with Crippen LogP contribution in [0.25, 0.3) is 22.3 Å². The molecule has 3 heterocycles. The van der Waals surface area contributed by atoms with Gasteiger partial charge in [-0.15, -0.1) is 0 Å². The fourth-order valence-corrected chi connectivity index (χ4v) is 2.21. The first-order valence-electron chi connectivity index (χ1n) is 6.98. The van der Waals surface area contributed by atoms with Gasteiger partial charge in [-0.05, 0) is 13.0 Å². The van der Waals surface area contributed by atoms with Crippen LogP contribution in [0.5, 0.6) is 0 Å². The monoisotopic (exact) mass is 281 g/mol. The van der Waals surface area contributed by atoms with Gasteiger partial charge in [-0.1, -0.05) is 20.8 Å². The van der Waals surface area contributed by atoms with E-state index in [4.69, 9.17) is 0 Å². The van der Waals surface area contributed by atoms with Crippen LogP contribution >= 0.6 is 0 Å². The van der Waals surface area contributed by atoms with Crippen LogP contribution in [0.3, 0.4) is 0 Å². The van der Waals surface area contributed by atoms with Crippen LogP contribution in [0.2, 0.25) is 0 Å². The van der Waals surface area contributed by atoms with Crippen molar-refractivity contribution in [2.75, 3.05) is 0 Å². The van der Waals surface area contributed by atoms with Crippen LogP contribution in [0.4, 0.5) is 0 Å². The predicted octanol–water partition coefficient (Wildman–Crippen LogP) is 3.03. The quantitative estimate of drug-likeness (QED) is 0.688. The van der Waals surface area contributed by atoms with Gasteiger partial charge in [0.1, 0.15) is 11.6 Å². The Morgan fingerprint density at radius 1 is 1.00 bits per heavy atom. The van der Waals surface area contributed by atoms with E-state index in [2.05, 4.69) is 40.7 Å². The average Bonchev–Trinajstić information content (AvgIpc) is 2.73. The number of fused-ring (bicyclic) bond motifs is 1. The Kier molecular flexibility index (Phi) is 3.01. The summed E-state index contributed by atoms with van der Waals surface area (Å²) in [4.78, 5) is 17.9. The second-order valence-corrected chi connectivity index (χ2v) is 6.32. The van der Waals surface area contributed by atoms with Gasteiger partial charge in [0, 0.05) is 30.4 Å². The lowest BCUT2D eigenvalue weighted by Crippen LogP contribution is -2.15. The molecule has 0 N–H and O–H groups in total. The van der Waals surface area contributed by atoms with Gasteiger partial charge >= 0.3 is 0 Å². The Labute approximate surface area is 124 Å². The molecule has 0 radical (unpaired) electrons. The van der Waals surface area contributed by atoms with Gasteiger partial charge < -0.3 is 4.57 Å². The van der Waals surface area contributed by atoms with Gasteiger partial charge in [0.2, 0.25) is 0 Å². The highest BCUT2D eigenvalue weighted by atomic mass is 15.1. The van der Waals surface area contributed by atoms with Crippen LogP contribution in [-0.2, 0) is 12.5 Å². The second-order valence-electron chi connectivity index (χ2n) is 6.32. The molecule has 5 nitrogen and oxygen atoms in total. The van der Waals surface area contributed by atoms with E-state index in [0.29, 0.717) is 0 Å². The standard InChI is InChI=1S/C16H19N5/c1-10-20-13-6-12(17-9-14(13)21(10)5)11-7-18-15(19-8-11)16(2,3)4/h6-9H,1-5H3. The highest BCUT2D eigenvalue weighted by Crippen LogP contribution is 2.23. The maximum atomic E-state index is 4.54. The van der Waals surface area contributed by atoms with Gasteiger partial charge in [0.15, 0.2) is 0 Å². The summed E-state index contributed by atoms with van der Waals surface area (Å²) < 4.78 is 2.03. The van der Waals surface area contributed by atoms with Gasteiger partial charge in [0.05, 0.1) is 22.9 Å². The fraction of sp³-hybridized carbons (Fsp3) is 0.375. The van der Waals surface area contributed by atoms with Crippen molar-refractivity contribution in [1.29, 1.82) is 0 Å². The lowest BCUT2D eigenvalue weighted by Gasteiger charge is -2.15. The number of aryl methyl sites for hydroxylation is 2. The number of rotatable bonds is 1. The first kappa shape index (κ1) is 13.7. The molecule has 108 valence electrons. The molecule has 0 aliphatic heterocycles. The molecule has 0 bridgehead atoms. The Morgan fingerprint density at radius 3 is 2.29 bits per heavy atom. The summed E-state index contributed by atoms with van der Waals surface area (Å²) in [7, 11) is 1.99. The van der Waals surface area contributed by atoms with Crippen LogP contribution in [0.1, 0.15) is 32.4 Å². The lowest BCUT2D eigenvalue weighted by atomic mass is 9.96. The van der Waals surface area contributed by atoms with E-state index in [9.17, 15) is 0 Å². The zero-order chi connectivity index (χ0) is 15.2. The smallest absolute Gasteiger partial charge is 0.133 e. The van der Waals surface area contributed by atoms with Crippen LogP contribution in [0, 0.1) is 6.92 Å². The maximum Gasteiger partial charge on any atom is 0.133 e. The molecule has 0 aliphatic rings. The highest BCUT2D eigenvalue weighted by molar-refractivity contribution is 5.79. The van der Waals surface area contributed by atoms with Gasteiger partial charge in [-0.3, -0.25) is 4.98 Å². The third kappa shape index (κ3) is 2.39. The molecule has 0 saturated carbocycles. The third-order valence-corrected chi connectivity index (χ3v) is 3.61. The van der Waals surface area contributed by atoms with E-state index in [1.54, 1.807) is 0 Å². The first-order chi connectivity index (χ1) is 9.86. The minimum atomic E-state index is -0.0476. The molecule has 0 aliphatic carbocycles. The fourth-order valence-electron chi connectivity index (χ4n) is 2.21. The summed E-state index contributed by atoms with van der Waals surface area (Å²) in [5, 5.41) is 0. The average molecular weight is 281 g/mol. The molecule has 3 aromatic rings. The van der Waals surface area contributed by atoms with E-state index in [-0.39, 0.29) is 5.41 Å². The number of pyridine rings is 1. The van der Waals surface area contributed by atoms with E-state index in [1.807, 2.05) is 43.2 Å². The summed E-state index contributed by atoms with van der Waals surface area (Å²) in [6, 6.07) is 1.98. The van der Waals surface area contributed by atoms with Crippen molar-refractivity contribution < 1.29 is 0 Å². The van der Waals surface area contributed by atoms with E-state index in [1.165, 1.54) is 0 Å². The topological polar surface area (TPSA) is 56.5 Å². The van der Waals surface area contributed by atoms with E-state index < -0.39 is 0 Å². The molecule has 0 spiro atoms. The minimum Gasteiger partial charge on any atom is -0.330 e. The summed E-state index contributed by atoms with van der Waals surface area (Å²) in [6.07, 6.45) is 5.51. The SMILES string of the molecule is Cc1nc2cc(-c3cnc(C(C)(C)C)nc3)ncc2n1C. The Morgan fingerprint density at radius 2 is 1.67 bits per heavy atom. The summed E-state index contributed by atoms with van der Waals surface area (Å²) in [5.74, 6) is 1.81. The van der Waals surface area contributed by atoms with E-state index >= 15 is 0 Å². The van der Waals surface area contributed by atoms with Crippen molar-refractivity contribution in [3.05, 3.63) is 36.3 Å². The Bertz CT molecular complexity index is 794. The molecule has 0 amide bonds. The molecule has 0 fully saturated rings. The van der Waals surface area contributed by atoms with E-state index in [0.717, 1.165) is 33.9 Å². The zero-order valence-electron chi connectivity index (χ0n) is 13.0. The van der Waals surface area contributed by atoms with Crippen molar-refractivity contribution in [3.63, 3.8) is 0 Å². The molecule has 3 aromatic heterocycles. The molecular weight excluding hydrogens is 262 g/mol. The predicted molar refractivity (Wildman–Crippen MR) is 83.0 cm³/mol. The van der Waals surface area contributed by atoms with Gasteiger partial charge in [-0.25, -0.2) is 15.0 Å². The van der Waals surface area contributed by atoms with Crippen LogP contribution < -0.4 is 0 Å². The molecular formula is C16H19N5. The number of hydrogen-bond donors (Lipinski definition) is 0. The molecule has 5 heteroatoms. The van der Waals surface area contributed by atoms with Crippen molar-refractivity contribution >= 4 is 11.0 Å². The molecule has 0 atom stereocenters. The minimum absolute atomic E-state index is 0.0476. The zero-order valence-corrected chi connectivity index (χ0v) is 13.0. The van der Waals surface area contributed by atoms with Gasteiger partial charge in [-0.2, -0.15) is 0 Å². The molecule has 0 unspecified atom stereocenters. The van der Waals surface area contributed by atoms with Crippen LogP contribution in [0.15, 0.2) is 24.7 Å². The number of imidazole rings is 1. The largest absolute Gasteiger partial charge is 0.330 e. The van der Waals surface area contributed by atoms with Crippen LogP contribution in [-0.4, -0.2) is 24.5 Å². The Balaban J connectivity index is 2.04. The van der Waals surface area contributed by atoms with Crippen molar-refractivity contribution in [2.45, 2.75) is 33.1 Å². The molecule has 3 rings (SSSR count). The summed E-state index contributed by atoms with van der Waals surface area (Å²) >= 11 is 0. The van der Waals surface area contributed by atoms with Gasteiger partial charge in [0.25, 0.3) is 0 Å². The maximum absolute atomic E-state index is 4.54. The summed E-state index contributed by atoms with van der Waals surface area (Å²) in [5.41, 5.74) is 3.69. The Hall–Kier alpha value is -2.30. The lowest BCUT2D eigenvalue weighted by molar-refractivity contribution is 0.545. The first-order valence-corrected chi connectivity index (χ1v) is 6.98. The molecule has 0 saturated heterocycles. The summed E-state index contributed by atoms with van der Waals surface area (Å²) in [6.45, 7) is 8.29. The van der Waals surface area contributed by atoms with Crippen molar-refractivity contribution in [2.24, 2.45) is 7.05 Å². The number of nitrogens with zero attached hydrogens (tertiary/aromatic N) is 5. The molecule has 0 aromatic carbocycles. The molecule has 21 heavy (non-hydrogen) atoms. The third-order valence-electron chi connectivity index (χ3n) is 3.61. The van der Waals surface area contributed by atoms with Crippen molar-refractivity contribution in [1.82, 2.24) is 24.5 Å². The number of aromatic nitrogens is 5. The van der Waals surface area contributed by atoms with Crippen molar-refractivity contribution in [3.8, 4) is 11.3 Å². The second kappa shape index (κ2) is 4.62. The number of hydrogen-bond acceptors (Lipinski definition) is 4.